The zero-order valence-corrected chi connectivity index (χ0v) is 16.9. The highest BCUT2D eigenvalue weighted by molar-refractivity contribution is 7.18. The third-order valence-electron chi connectivity index (χ3n) is 6.29. The number of halogens is 1. The molecule has 0 saturated carbocycles. The minimum absolute atomic E-state index is 0.0408. The maximum atomic E-state index is 14.3. The normalized spacial score (nSPS) is 27.4. The summed E-state index contributed by atoms with van der Waals surface area (Å²) in [6.07, 6.45) is 0.989. The van der Waals surface area contributed by atoms with E-state index in [1.807, 2.05) is 9.47 Å². The average molecular weight is 389 g/mol. The third-order valence-corrected chi connectivity index (χ3v) is 7.40. The van der Waals surface area contributed by atoms with Crippen molar-refractivity contribution >= 4 is 21.6 Å². The zero-order valence-electron chi connectivity index (χ0n) is 16.1. The van der Waals surface area contributed by atoms with Crippen LogP contribution in [0.25, 0.3) is 10.2 Å². The molecule has 0 radical (unpaired) electrons. The van der Waals surface area contributed by atoms with Crippen molar-refractivity contribution in [3.8, 4) is 0 Å². The molecule has 0 aromatic carbocycles. The van der Waals surface area contributed by atoms with Gasteiger partial charge in [0.15, 0.2) is 0 Å². The van der Waals surface area contributed by atoms with Gasteiger partial charge in [-0.1, -0.05) is 6.58 Å². The fourth-order valence-corrected chi connectivity index (χ4v) is 6.35. The van der Waals surface area contributed by atoms with Crippen molar-refractivity contribution in [3.63, 3.8) is 0 Å². The number of nitrogens with zero attached hydrogens (tertiary/aromatic N) is 4. The SMILES string of the molecule is C=C1CC(C)(C)n2c(nc3sc4c(c3c2=O)CCN(C)C4)[C@H]2C[C@@H](F)CN12. The lowest BCUT2D eigenvalue weighted by Gasteiger charge is -2.28. The Bertz CT molecular complexity index is 1020. The lowest BCUT2D eigenvalue weighted by atomic mass is 9.97. The van der Waals surface area contributed by atoms with Crippen LogP contribution in [-0.2, 0) is 18.5 Å². The number of hydrogen-bond donors (Lipinski definition) is 0. The largest absolute Gasteiger partial charge is 0.362 e. The smallest absolute Gasteiger partial charge is 0.263 e. The Morgan fingerprint density at radius 3 is 2.93 bits per heavy atom. The molecule has 0 bridgehead atoms. The van der Waals surface area contributed by atoms with Crippen molar-refractivity contribution in [2.75, 3.05) is 20.1 Å². The van der Waals surface area contributed by atoms with Crippen LogP contribution in [0.3, 0.4) is 0 Å². The summed E-state index contributed by atoms with van der Waals surface area (Å²) in [5, 5.41) is 0.786. The van der Waals surface area contributed by atoms with E-state index in [0.29, 0.717) is 25.2 Å². The molecule has 27 heavy (non-hydrogen) atoms. The van der Waals surface area contributed by atoms with Crippen LogP contribution in [-0.4, -0.2) is 45.7 Å². The Morgan fingerprint density at radius 1 is 1.37 bits per heavy atom. The molecule has 0 unspecified atom stereocenters. The van der Waals surface area contributed by atoms with Crippen LogP contribution in [0, 0.1) is 0 Å². The van der Waals surface area contributed by atoms with Gasteiger partial charge in [0.1, 0.15) is 16.8 Å². The number of hydrogen-bond acceptors (Lipinski definition) is 5. The molecule has 3 aliphatic rings. The van der Waals surface area contributed by atoms with Crippen LogP contribution < -0.4 is 5.56 Å². The van der Waals surface area contributed by atoms with Crippen LogP contribution in [0.15, 0.2) is 17.1 Å². The van der Waals surface area contributed by atoms with Gasteiger partial charge in [-0.15, -0.1) is 11.3 Å². The molecule has 3 aliphatic heterocycles. The Balaban J connectivity index is 1.81. The molecule has 144 valence electrons. The van der Waals surface area contributed by atoms with Crippen LogP contribution in [0.2, 0.25) is 0 Å². The lowest BCUT2D eigenvalue weighted by molar-refractivity contribution is 0.288. The highest BCUT2D eigenvalue weighted by Gasteiger charge is 2.43. The Kier molecular flexibility index (Phi) is 3.63. The summed E-state index contributed by atoms with van der Waals surface area (Å²) in [5.41, 5.74) is 1.69. The van der Waals surface area contributed by atoms with Crippen molar-refractivity contribution in [2.45, 2.75) is 57.4 Å². The van der Waals surface area contributed by atoms with E-state index in [9.17, 15) is 9.18 Å². The number of alkyl halides is 1. The van der Waals surface area contributed by atoms with Gasteiger partial charge in [-0.05, 0) is 32.9 Å². The van der Waals surface area contributed by atoms with Gasteiger partial charge in [0.25, 0.3) is 5.56 Å². The van der Waals surface area contributed by atoms with Crippen molar-refractivity contribution in [1.82, 2.24) is 19.4 Å². The quantitative estimate of drug-likeness (QED) is 0.695. The zero-order chi connectivity index (χ0) is 19.1. The van der Waals surface area contributed by atoms with Crippen LogP contribution >= 0.6 is 11.3 Å². The number of thiophene rings is 1. The fraction of sp³-hybridized carbons (Fsp3) is 0.600. The maximum Gasteiger partial charge on any atom is 0.263 e. The monoisotopic (exact) mass is 388 g/mol. The minimum atomic E-state index is -0.904. The molecule has 5 heterocycles. The predicted octanol–water partition coefficient (Wildman–Crippen LogP) is 3.18. The standard InChI is InChI=1S/C20H25FN4OS/c1-11-8-20(2,3)25-17(14-7-12(21)9-24(11)14)22-18-16(19(25)26)13-5-6-23(4)10-15(13)27-18/h12,14H,1,5-10H2,2-4H3/t12-,14-/m1/s1. The first-order valence-electron chi connectivity index (χ1n) is 9.61. The topological polar surface area (TPSA) is 41.4 Å². The molecular formula is C20H25FN4OS. The molecule has 7 heteroatoms. The number of rotatable bonds is 0. The van der Waals surface area contributed by atoms with Gasteiger partial charge in [0, 0.05) is 48.6 Å². The number of aromatic nitrogens is 2. The van der Waals surface area contributed by atoms with Crippen molar-refractivity contribution < 1.29 is 4.39 Å². The average Bonchev–Trinajstić information content (AvgIpc) is 3.11. The van der Waals surface area contributed by atoms with Gasteiger partial charge in [-0.2, -0.15) is 0 Å². The van der Waals surface area contributed by atoms with E-state index in [2.05, 4.69) is 32.4 Å². The molecule has 5 nitrogen and oxygen atoms in total. The molecular weight excluding hydrogens is 363 g/mol. The van der Waals surface area contributed by atoms with Gasteiger partial charge in [-0.25, -0.2) is 9.37 Å². The Hall–Kier alpha value is -1.73. The van der Waals surface area contributed by atoms with Crippen molar-refractivity contribution in [1.29, 1.82) is 0 Å². The maximum absolute atomic E-state index is 14.3. The van der Waals surface area contributed by atoms with E-state index >= 15 is 0 Å². The summed E-state index contributed by atoms with van der Waals surface area (Å²) in [4.78, 5) is 25.1. The summed E-state index contributed by atoms with van der Waals surface area (Å²) in [5.74, 6) is 0.711. The summed E-state index contributed by atoms with van der Waals surface area (Å²) in [6, 6.07) is -0.201. The number of likely N-dealkylation sites (N-methyl/N-ethyl adjacent to an activating group) is 1. The summed E-state index contributed by atoms with van der Waals surface area (Å²) >= 11 is 1.63. The van der Waals surface area contributed by atoms with E-state index in [4.69, 9.17) is 4.98 Å². The van der Waals surface area contributed by atoms with E-state index in [0.717, 1.165) is 35.4 Å². The second kappa shape index (κ2) is 5.64. The second-order valence-corrected chi connectivity index (χ2v) is 9.92. The third kappa shape index (κ3) is 2.44. The van der Waals surface area contributed by atoms with E-state index < -0.39 is 11.7 Å². The first-order chi connectivity index (χ1) is 12.8. The Morgan fingerprint density at radius 2 is 2.15 bits per heavy atom. The van der Waals surface area contributed by atoms with Crippen molar-refractivity contribution in [3.05, 3.63) is 38.9 Å². The Labute approximate surface area is 162 Å². The predicted molar refractivity (Wildman–Crippen MR) is 106 cm³/mol. The molecule has 0 spiro atoms. The molecule has 2 aromatic heterocycles. The van der Waals surface area contributed by atoms with Gasteiger partial charge >= 0.3 is 0 Å². The van der Waals surface area contributed by atoms with Gasteiger partial charge < -0.3 is 9.80 Å². The number of fused-ring (bicyclic) bond motifs is 6. The summed E-state index contributed by atoms with van der Waals surface area (Å²) in [6.45, 7) is 10.5. The second-order valence-electron chi connectivity index (χ2n) is 8.84. The minimum Gasteiger partial charge on any atom is -0.362 e. The molecule has 1 saturated heterocycles. The molecule has 0 aliphatic carbocycles. The highest BCUT2D eigenvalue weighted by Crippen LogP contribution is 2.43. The summed E-state index contributed by atoms with van der Waals surface area (Å²) < 4.78 is 16.1. The van der Waals surface area contributed by atoms with Crippen LogP contribution in [0.4, 0.5) is 4.39 Å². The lowest BCUT2D eigenvalue weighted by Crippen LogP contribution is -2.39. The first-order valence-corrected chi connectivity index (χ1v) is 10.4. The van der Waals surface area contributed by atoms with Gasteiger partial charge in [-0.3, -0.25) is 9.36 Å². The van der Waals surface area contributed by atoms with Crippen LogP contribution in [0.1, 0.15) is 49.0 Å². The van der Waals surface area contributed by atoms with Crippen LogP contribution in [0.5, 0.6) is 0 Å². The highest BCUT2D eigenvalue weighted by atomic mass is 32.1. The summed E-state index contributed by atoms with van der Waals surface area (Å²) in [7, 11) is 2.11. The van der Waals surface area contributed by atoms with Crippen molar-refractivity contribution in [2.24, 2.45) is 0 Å². The number of allylic oxidation sites excluding steroid dienone is 1. The van der Waals surface area contributed by atoms with E-state index in [1.54, 1.807) is 11.3 Å². The van der Waals surface area contributed by atoms with Gasteiger partial charge in [0.05, 0.1) is 11.4 Å². The van der Waals surface area contributed by atoms with E-state index in [1.165, 1.54) is 10.4 Å². The molecule has 2 atom stereocenters. The molecule has 5 rings (SSSR count). The molecule has 0 amide bonds. The molecule has 0 N–H and O–H groups in total. The first kappa shape index (κ1) is 17.4. The van der Waals surface area contributed by atoms with Gasteiger partial charge in [0.2, 0.25) is 0 Å². The van der Waals surface area contributed by atoms with E-state index in [-0.39, 0.29) is 11.6 Å². The fourth-order valence-electron chi connectivity index (χ4n) is 5.05. The molecule has 2 aromatic rings. The molecule has 1 fully saturated rings.